The van der Waals surface area contributed by atoms with Crippen LogP contribution in [0.4, 0.5) is 0 Å². The first kappa shape index (κ1) is 15.6. The molecule has 0 spiro atoms. The Morgan fingerprint density at radius 1 is 1.17 bits per heavy atom. The van der Waals surface area contributed by atoms with Crippen LogP contribution in [0.2, 0.25) is 5.02 Å². The minimum Gasteiger partial charge on any atom is -0.301 e. The molecule has 6 nitrogen and oxygen atoms in total. The number of likely N-dealkylation sites (N-methyl/N-ethyl adjacent to an activating group) is 1. The van der Waals surface area contributed by atoms with Gasteiger partial charge in [0.15, 0.2) is 0 Å². The summed E-state index contributed by atoms with van der Waals surface area (Å²) in [6.07, 6.45) is 6.83. The molecule has 0 saturated heterocycles. The second-order valence-corrected chi connectivity index (χ2v) is 5.86. The van der Waals surface area contributed by atoms with Crippen LogP contribution in [0.15, 0.2) is 49.2 Å². The van der Waals surface area contributed by atoms with Gasteiger partial charge in [-0.3, -0.25) is 0 Å². The van der Waals surface area contributed by atoms with Gasteiger partial charge in [0.1, 0.15) is 12.0 Å². The Hall–Kier alpha value is -2.31. The molecule has 2 aromatic heterocycles. The van der Waals surface area contributed by atoms with Crippen LogP contribution in [-0.2, 0) is 6.54 Å². The number of aromatic nitrogens is 5. The molecule has 3 aromatic rings. The summed E-state index contributed by atoms with van der Waals surface area (Å²) in [6, 6.07) is 7.97. The SMILES string of the molecule is CN(C)[C@@H](Cn1cc(-c2cncnc2)nn1)c1ccccc1Cl. The largest absolute Gasteiger partial charge is 0.301 e. The van der Waals surface area contributed by atoms with E-state index in [1.165, 1.54) is 6.33 Å². The van der Waals surface area contributed by atoms with Crippen LogP contribution in [-0.4, -0.2) is 44.0 Å². The minimum atomic E-state index is 0.102. The van der Waals surface area contributed by atoms with Crippen molar-refractivity contribution in [2.45, 2.75) is 12.6 Å². The molecule has 0 radical (unpaired) electrons. The first-order valence-corrected chi connectivity index (χ1v) is 7.59. The molecule has 23 heavy (non-hydrogen) atoms. The van der Waals surface area contributed by atoms with Crippen molar-refractivity contribution in [2.24, 2.45) is 0 Å². The number of halogens is 1. The van der Waals surface area contributed by atoms with Crippen LogP contribution in [0.25, 0.3) is 11.3 Å². The van der Waals surface area contributed by atoms with Gasteiger partial charge in [-0.15, -0.1) is 5.10 Å². The van der Waals surface area contributed by atoms with Gasteiger partial charge in [-0.2, -0.15) is 0 Å². The van der Waals surface area contributed by atoms with Crippen LogP contribution in [0.5, 0.6) is 0 Å². The van der Waals surface area contributed by atoms with Gasteiger partial charge < -0.3 is 4.90 Å². The first-order valence-electron chi connectivity index (χ1n) is 7.21. The molecule has 0 aliphatic rings. The molecule has 0 N–H and O–H groups in total. The van der Waals surface area contributed by atoms with E-state index in [2.05, 4.69) is 25.2 Å². The van der Waals surface area contributed by atoms with E-state index in [0.717, 1.165) is 21.8 Å². The van der Waals surface area contributed by atoms with Crippen LogP contribution in [0.3, 0.4) is 0 Å². The van der Waals surface area contributed by atoms with Crippen molar-refractivity contribution in [3.8, 4) is 11.3 Å². The lowest BCUT2D eigenvalue weighted by molar-refractivity contribution is 0.259. The average Bonchev–Trinajstić information content (AvgIpc) is 3.03. The van der Waals surface area contributed by atoms with Gasteiger partial charge in [0, 0.05) is 23.0 Å². The van der Waals surface area contributed by atoms with Gasteiger partial charge in [0.2, 0.25) is 0 Å². The van der Waals surface area contributed by atoms with Gasteiger partial charge in [0.25, 0.3) is 0 Å². The van der Waals surface area contributed by atoms with Crippen molar-refractivity contribution in [3.63, 3.8) is 0 Å². The third kappa shape index (κ3) is 3.55. The van der Waals surface area contributed by atoms with Gasteiger partial charge in [-0.25, -0.2) is 14.6 Å². The number of benzene rings is 1. The van der Waals surface area contributed by atoms with Gasteiger partial charge in [0.05, 0.1) is 18.8 Å². The fourth-order valence-corrected chi connectivity index (χ4v) is 2.68. The third-order valence-corrected chi connectivity index (χ3v) is 3.99. The normalized spacial score (nSPS) is 12.5. The second kappa shape index (κ2) is 6.85. The fourth-order valence-electron chi connectivity index (χ4n) is 2.41. The maximum absolute atomic E-state index is 6.34. The van der Waals surface area contributed by atoms with Crippen molar-refractivity contribution in [2.75, 3.05) is 14.1 Å². The summed E-state index contributed by atoms with van der Waals surface area (Å²) in [5.74, 6) is 0. The first-order chi connectivity index (χ1) is 11.1. The molecule has 7 heteroatoms. The molecule has 0 amide bonds. The highest BCUT2D eigenvalue weighted by Crippen LogP contribution is 2.27. The molecule has 2 heterocycles. The fraction of sp³-hybridized carbons (Fsp3) is 0.250. The van der Waals surface area contributed by atoms with Crippen molar-refractivity contribution in [1.82, 2.24) is 29.9 Å². The summed E-state index contributed by atoms with van der Waals surface area (Å²) in [6.45, 7) is 0.650. The number of nitrogens with zero attached hydrogens (tertiary/aromatic N) is 6. The summed E-state index contributed by atoms with van der Waals surface area (Å²) >= 11 is 6.34. The maximum atomic E-state index is 6.34. The zero-order valence-electron chi connectivity index (χ0n) is 13.0. The molecular formula is C16H17ClN6. The monoisotopic (exact) mass is 328 g/mol. The van der Waals surface area contributed by atoms with Crippen molar-refractivity contribution < 1.29 is 0 Å². The van der Waals surface area contributed by atoms with Crippen molar-refractivity contribution in [3.05, 3.63) is 59.8 Å². The number of rotatable bonds is 5. The minimum absolute atomic E-state index is 0.102. The lowest BCUT2D eigenvalue weighted by Crippen LogP contribution is -2.25. The van der Waals surface area contributed by atoms with Crippen molar-refractivity contribution in [1.29, 1.82) is 0 Å². The highest BCUT2D eigenvalue weighted by Gasteiger charge is 2.18. The van der Waals surface area contributed by atoms with E-state index < -0.39 is 0 Å². The molecule has 118 valence electrons. The van der Waals surface area contributed by atoms with Crippen LogP contribution < -0.4 is 0 Å². The van der Waals surface area contributed by atoms with E-state index in [9.17, 15) is 0 Å². The van der Waals surface area contributed by atoms with E-state index in [-0.39, 0.29) is 6.04 Å². The quantitative estimate of drug-likeness (QED) is 0.720. The lowest BCUT2D eigenvalue weighted by atomic mass is 10.1. The molecule has 0 fully saturated rings. The summed E-state index contributed by atoms with van der Waals surface area (Å²) < 4.78 is 1.82. The molecule has 0 aliphatic heterocycles. The van der Waals surface area contributed by atoms with Crippen molar-refractivity contribution >= 4 is 11.6 Å². The van der Waals surface area contributed by atoms with Crippen LogP contribution >= 0.6 is 11.6 Å². The molecular weight excluding hydrogens is 312 g/mol. The van der Waals surface area contributed by atoms with E-state index in [0.29, 0.717) is 6.54 Å². The Labute approximate surface area is 139 Å². The van der Waals surface area contributed by atoms with Crippen LogP contribution in [0.1, 0.15) is 11.6 Å². The van der Waals surface area contributed by atoms with E-state index in [4.69, 9.17) is 11.6 Å². The Morgan fingerprint density at radius 3 is 2.61 bits per heavy atom. The predicted molar refractivity (Wildman–Crippen MR) is 88.9 cm³/mol. The Balaban J connectivity index is 1.85. The van der Waals surface area contributed by atoms with Gasteiger partial charge in [-0.1, -0.05) is 35.0 Å². The molecule has 0 saturated carbocycles. The predicted octanol–water partition coefficient (Wildman–Crippen LogP) is 2.69. The summed E-state index contributed by atoms with van der Waals surface area (Å²) in [5.41, 5.74) is 2.67. The zero-order chi connectivity index (χ0) is 16.2. The molecule has 1 atom stereocenters. The zero-order valence-corrected chi connectivity index (χ0v) is 13.7. The molecule has 0 aliphatic carbocycles. The number of hydrogen-bond donors (Lipinski definition) is 0. The van der Waals surface area contributed by atoms with E-state index >= 15 is 0 Å². The third-order valence-electron chi connectivity index (χ3n) is 3.64. The summed E-state index contributed by atoms with van der Waals surface area (Å²) in [4.78, 5) is 10.1. The average molecular weight is 329 g/mol. The topological polar surface area (TPSA) is 59.7 Å². The lowest BCUT2D eigenvalue weighted by Gasteiger charge is -2.25. The smallest absolute Gasteiger partial charge is 0.116 e. The van der Waals surface area contributed by atoms with Gasteiger partial charge in [-0.05, 0) is 25.7 Å². The summed E-state index contributed by atoms with van der Waals surface area (Å²) in [7, 11) is 4.05. The second-order valence-electron chi connectivity index (χ2n) is 5.45. The highest BCUT2D eigenvalue weighted by atomic mass is 35.5. The Morgan fingerprint density at radius 2 is 1.91 bits per heavy atom. The van der Waals surface area contributed by atoms with Crippen LogP contribution in [0, 0.1) is 0 Å². The van der Waals surface area contributed by atoms with Gasteiger partial charge >= 0.3 is 0 Å². The molecule has 0 unspecified atom stereocenters. The number of hydrogen-bond acceptors (Lipinski definition) is 5. The Kier molecular flexibility index (Phi) is 4.64. The molecule has 0 bridgehead atoms. The highest BCUT2D eigenvalue weighted by molar-refractivity contribution is 6.31. The molecule has 1 aromatic carbocycles. The Bertz CT molecular complexity index is 771. The van der Waals surface area contributed by atoms with E-state index in [1.807, 2.05) is 49.2 Å². The summed E-state index contributed by atoms with van der Waals surface area (Å²) in [5, 5.41) is 9.16. The van der Waals surface area contributed by atoms with E-state index in [1.54, 1.807) is 12.4 Å². The maximum Gasteiger partial charge on any atom is 0.116 e. The molecule has 3 rings (SSSR count). The standard InChI is InChI=1S/C16H17ClN6/c1-22(2)16(13-5-3-4-6-14(13)17)10-23-9-15(20-21-23)12-7-18-11-19-8-12/h3-9,11,16H,10H2,1-2H3/t16-/m0/s1.